The summed E-state index contributed by atoms with van der Waals surface area (Å²) >= 11 is 3.35. The summed E-state index contributed by atoms with van der Waals surface area (Å²) in [7, 11) is -3.57. The molecule has 2 aromatic rings. The minimum absolute atomic E-state index is 0.0797. The van der Waals surface area contributed by atoms with Crippen molar-refractivity contribution in [3.63, 3.8) is 0 Å². The fraction of sp³-hybridized carbons (Fsp3) is 0.235. The molecule has 0 atom stereocenters. The highest BCUT2D eigenvalue weighted by atomic mass is 79.9. The van der Waals surface area contributed by atoms with E-state index in [1.54, 1.807) is 37.3 Å². The number of benzene rings is 2. The van der Waals surface area contributed by atoms with E-state index in [9.17, 15) is 13.2 Å². The Balaban J connectivity index is 2.28. The molecule has 0 aliphatic heterocycles. The topological polar surface area (TPSA) is 66.5 Å². The molecule has 0 aliphatic carbocycles. The molecule has 7 heteroatoms. The average molecular weight is 411 g/mol. The molecule has 0 saturated heterocycles. The van der Waals surface area contributed by atoms with E-state index >= 15 is 0 Å². The molecule has 0 aliphatic rings. The Morgan fingerprint density at radius 1 is 1.12 bits per heavy atom. The number of rotatable bonds is 6. The fourth-order valence-corrected chi connectivity index (χ4v) is 3.73. The first-order chi connectivity index (χ1) is 11.3. The number of carbonyl (C=O) groups is 1. The van der Waals surface area contributed by atoms with Gasteiger partial charge in [-0.1, -0.05) is 30.3 Å². The van der Waals surface area contributed by atoms with Crippen molar-refractivity contribution in [1.29, 1.82) is 0 Å². The maximum absolute atomic E-state index is 12.4. The van der Waals surface area contributed by atoms with Crippen LogP contribution >= 0.6 is 15.9 Å². The Morgan fingerprint density at radius 2 is 1.75 bits per heavy atom. The van der Waals surface area contributed by atoms with E-state index in [2.05, 4.69) is 21.2 Å². The van der Waals surface area contributed by atoms with Gasteiger partial charge in [-0.15, -0.1) is 0 Å². The summed E-state index contributed by atoms with van der Waals surface area (Å²) in [6.07, 6.45) is 0. The van der Waals surface area contributed by atoms with Gasteiger partial charge in [-0.05, 0) is 53.5 Å². The lowest BCUT2D eigenvalue weighted by Crippen LogP contribution is -2.39. The number of halogens is 1. The van der Waals surface area contributed by atoms with Crippen molar-refractivity contribution in [2.45, 2.75) is 13.8 Å². The van der Waals surface area contributed by atoms with Crippen LogP contribution in [0, 0.1) is 6.92 Å². The highest BCUT2D eigenvalue weighted by Crippen LogP contribution is 2.24. The van der Waals surface area contributed by atoms with Crippen molar-refractivity contribution in [2.24, 2.45) is 0 Å². The molecule has 0 bridgehead atoms. The Hall–Kier alpha value is -1.86. The largest absolute Gasteiger partial charge is 0.323 e. The van der Waals surface area contributed by atoms with Crippen LogP contribution in [0.1, 0.15) is 12.5 Å². The van der Waals surface area contributed by atoms with E-state index in [1.165, 1.54) is 0 Å². The molecule has 0 saturated carbocycles. The molecule has 0 fully saturated rings. The van der Waals surface area contributed by atoms with E-state index in [-0.39, 0.29) is 12.3 Å². The Bertz CT molecular complexity index is 837. The predicted octanol–water partition coefficient (Wildman–Crippen LogP) is 3.55. The number of sulfonamides is 1. The van der Waals surface area contributed by atoms with Crippen LogP contribution in [0.25, 0.3) is 0 Å². The Kier molecular flexibility index (Phi) is 6.01. The van der Waals surface area contributed by atoms with Crippen molar-refractivity contribution in [3.05, 3.63) is 58.6 Å². The minimum Gasteiger partial charge on any atom is -0.323 e. The molecule has 2 aromatic carbocycles. The van der Waals surface area contributed by atoms with E-state index in [1.807, 2.05) is 25.1 Å². The third-order valence-corrected chi connectivity index (χ3v) is 5.94. The first kappa shape index (κ1) is 18.5. The second kappa shape index (κ2) is 7.81. The fourth-order valence-electron chi connectivity index (χ4n) is 2.22. The number of anilines is 2. The molecule has 24 heavy (non-hydrogen) atoms. The number of amides is 1. The van der Waals surface area contributed by atoms with E-state index in [4.69, 9.17) is 0 Å². The normalized spacial score (nSPS) is 11.1. The molecule has 128 valence electrons. The summed E-state index contributed by atoms with van der Waals surface area (Å²) < 4.78 is 26.8. The van der Waals surface area contributed by atoms with E-state index in [0.29, 0.717) is 11.4 Å². The summed E-state index contributed by atoms with van der Waals surface area (Å²) in [6, 6.07) is 14.3. The van der Waals surface area contributed by atoms with Gasteiger partial charge in [0.2, 0.25) is 15.9 Å². The molecule has 5 nitrogen and oxygen atoms in total. The molecule has 0 spiro atoms. The van der Waals surface area contributed by atoms with Gasteiger partial charge in [0, 0.05) is 4.47 Å². The van der Waals surface area contributed by atoms with Crippen LogP contribution in [0.4, 0.5) is 11.4 Å². The zero-order valence-corrected chi connectivity index (χ0v) is 15.9. The van der Waals surface area contributed by atoms with Crippen molar-refractivity contribution in [1.82, 2.24) is 0 Å². The number of carbonyl (C=O) groups excluding carboxylic acids is 1. The van der Waals surface area contributed by atoms with Gasteiger partial charge in [0.15, 0.2) is 0 Å². The highest BCUT2D eigenvalue weighted by Gasteiger charge is 2.24. The maximum atomic E-state index is 12.4. The van der Waals surface area contributed by atoms with Gasteiger partial charge in [0.1, 0.15) is 6.54 Å². The van der Waals surface area contributed by atoms with Crippen molar-refractivity contribution in [2.75, 3.05) is 21.9 Å². The minimum atomic E-state index is -3.57. The van der Waals surface area contributed by atoms with Crippen LogP contribution in [0.2, 0.25) is 0 Å². The third kappa shape index (κ3) is 4.36. The number of nitrogens with zero attached hydrogens (tertiary/aromatic N) is 1. The van der Waals surface area contributed by atoms with Crippen LogP contribution in [-0.4, -0.2) is 26.6 Å². The van der Waals surface area contributed by atoms with Crippen LogP contribution < -0.4 is 9.62 Å². The number of aryl methyl sites for hydroxylation is 1. The molecule has 2 rings (SSSR count). The van der Waals surface area contributed by atoms with E-state index in [0.717, 1.165) is 14.3 Å². The summed E-state index contributed by atoms with van der Waals surface area (Å²) in [4.78, 5) is 12.4. The monoisotopic (exact) mass is 410 g/mol. The molecular formula is C17H19BrN2O3S. The lowest BCUT2D eigenvalue weighted by Gasteiger charge is -2.25. The molecular weight excluding hydrogens is 392 g/mol. The average Bonchev–Trinajstić information content (AvgIpc) is 2.55. The van der Waals surface area contributed by atoms with Gasteiger partial charge in [-0.3, -0.25) is 9.10 Å². The standard InChI is InChI=1S/C17H19BrN2O3S/c1-3-24(22,23)20(16-11-7-4-8-13(16)2)12-17(21)19-15-10-6-5-9-14(15)18/h4-11H,3,12H2,1-2H3,(H,19,21). The lowest BCUT2D eigenvalue weighted by molar-refractivity contribution is -0.114. The summed E-state index contributed by atoms with van der Waals surface area (Å²) in [6.45, 7) is 3.11. The Labute approximate surface area is 150 Å². The van der Waals surface area contributed by atoms with Gasteiger partial charge >= 0.3 is 0 Å². The van der Waals surface area contributed by atoms with Crippen LogP contribution in [0.5, 0.6) is 0 Å². The zero-order chi connectivity index (χ0) is 17.7. The second-order valence-electron chi connectivity index (χ2n) is 5.22. The smallest absolute Gasteiger partial charge is 0.245 e. The zero-order valence-electron chi connectivity index (χ0n) is 13.5. The van der Waals surface area contributed by atoms with Crippen molar-refractivity contribution in [3.8, 4) is 0 Å². The van der Waals surface area contributed by atoms with Gasteiger partial charge < -0.3 is 5.32 Å². The van der Waals surface area contributed by atoms with Crippen molar-refractivity contribution < 1.29 is 13.2 Å². The van der Waals surface area contributed by atoms with Crippen molar-refractivity contribution >= 4 is 43.2 Å². The molecule has 1 amide bonds. The number of hydrogen-bond donors (Lipinski definition) is 1. The van der Waals surface area contributed by atoms with Crippen LogP contribution in [0.3, 0.4) is 0 Å². The highest BCUT2D eigenvalue weighted by molar-refractivity contribution is 9.10. The second-order valence-corrected chi connectivity index (χ2v) is 8.26. The van der Waals surface area contributed by atoms with Gasteiger partial charge in [-0.2, -0.15) is 0 Å². The lowest BCUT2D eigenvalue weighted by atomic mass is 10.2. The number of nitrogens with one attached hydrogen (secondary N) is 1. The Morgan fingerprint density at radius 3 is 2.38 bits per heavy atom. The van der Waals surface area contributed by atoms with Gasteiger partial charge in [0.05, 0.1) is 17.1 Å². The third-order valence-electron chi connectivity index (χ3n) is 3.52. The first-order valence-corrected chi connectivity index (χ1v) is 9.86. The molecule has 0 radical (unpaired) electrons. The maximum Gasteiger partial charge on any atom is 0.245 e. The number of para-hydroxylation sites is 2. The van der Waals surface area contributed by atoms with Gasteiger partial charge in [0.25, 0.3) is 0 Å². The molecule has 0 heterocycles. The predicted molar refractivity (Wildman–Crippen MR) is 101 cm³/mol. The van der Waals surface area contributed by atoms with Gasteiger partial charge in [-0.25, -0.2) is 8.42 Å². The summed E-state index contributed by atoms with van der Waals surface area (Å²) in [5.74, 6) is -0.480. The quantitative estimate of drug-likeness (QED) is 0.791. The number of hydrogen-bond acceptors (Lipinski definition) is 3. The SMILES string of the molecule is CCS(=O)(=O)N(CC(=O)Nc1ccccc1Br)c1ccccc1C. The summed E-state index contributed by atoms with van der Waals surface area (Å²) in [5, 5.41) is 2.73. The van der Waals surface area contributed by atoms with Crippen LogP contribution in [0.15, 0.2) is 53.0 Å². The molecule has 0 unspecified atom stereocenters. The van der Waals surface area contributed by atoms with E-state index < -0.39 is 15.9 Å². The van der Waals surface area contributed by atoms with Crippen LogP contribution in [-0.2, 0) is 14.8 Å². The summed E-state index contributed by atoms with van der Waals surface area (Å²) in [5.41, 5.74) is 1.91. The molecule has 1 N–H and O–H groups in total. The first-order valence-electron chi connectivity index (χ1n) is 7.45. The molecule has 0 aromatic heterocycles.